The average Bonchev–Trinajstić information content (AvgIpc) is 3.27. The van der Waals surface area contributed by atoms with Crippen LogP contribution in [-0.2, 0) is 20.7 Å². The molecule has 28 heavy (non-hydrogen) atoms. The molecule has 0 saturated carbocycles. The quantitative estimate of drug-likeness (QED) is 0.537. The Balaban J connectivity index is 1.55. The van der Waals surface area contributed by atoms with Gasteiger partial charge in [-0.25, -0.2) is 13.8 Å². The number of benzene rings is 1. The Morgan fingerprint density at radius 3 is 2.82 bits per heavy atom. The van der Waals surface area contributed by atoms with E-state index >= 15 is 0 Å². The van der Waals surface area contributed by atoms with Crippen molar-refractivity contribution in [1.82, 2.24) is 4.98 Å². The Morgan fingerprint density at radius 1 is 1.36 bits per heavy atom. The van der Waals surface area contributed by atoms with Gasteiger partial charge >= 0.3 is 5.97 Å². The van der Waals surface area contributed by atoms with Crippen molar-refractivity contribution < 1.29 is 27.5 Å². The number of carbonyl (C=O) groups is 2. The van der Waals surface area contributed by atoms with Crippen molar-refractivity contribution in [3.05, 3.63) is 57.2 Å². The van der Waals surface area contributed by atoms with Crippen molar-refractivity contribution in [3.8, 4) is 10.8 Å². The lowest BCUT2D eigenvalue weighted by Crippen LogP contribution is -2.22. The molecular weight excluding hydrogens is 458 g/mol. The van der Waals surface area contributed by atoms with Gasteiger partial charge in [0.05, 0.1) is 22.7 Å². The molecule has 0 atom stereocenters. The van der Waals surface area contributed by atoms with Gasteiger partial charge in [-0.15, -0.1) is 11.3 Å². The molecule has 0 unspecified atom stereocenters. The van der Waals surface area contributed by atoms with Crippen LogP contribution in [-0.4, -0.2) is 23.5 Å². The van der Waals surface area contributed by atoms with Gasteiger partial charge in [-0.05, 0) is 40.4 Å². The van der Waals surface area contributed by atoms with Crippen molar-refractivity contribution in [1.29, 1.82) is 0 Å². The number of oxazole rings is 1. The zero-order valence-corrected chi connectivity index (χ0v) is 16.8. The summed E-state index contributed by atoms with van der Waals surface area (Å²) in [5.74, 6) is -2.32. The van der Waals surface area contributed by atoms with E-state index in [0.717, 1.165) is 10.9 Å². The summed E-state index contributed by atoms with van der Waals surface area (Å²) in [7, 11) is 0. The van der Waals surface area contributed by atoms with Crippen LogP contribution in [0, 0.1) is 18.6 Å². The first-order valence-electron chi connectivity index (χ1n) is 7.93. The van der Waals surface area contributed by atoms with Crippen molar-refractivity contribution >= 4 is 44.8 Å². The normalized spacial score (nSPS) is 10.7. The predicted molar refractivity (Wildman–Crippen MR) is 102 cm³/mol. The van der Waals surface area contributed by atoms with Crippen LogP contribution in [0.5, 0.6) is 0 Å². The number of halogens is 3. The summed E-state index contributed by atoms with van der Waals surface area (Å²) in [5.41, 5.74) is 0.163. The zero-order chi connectivity index (χ0) is 20.3. The Kier molecular flexibility index (Phi) is 6.20. The van der Waals surface area contributed by atoms with Gasteiger partial charge in [0.1, 0.15) is 11.6 Å². The Hall–Kier alpha value is -2.59. The van der Waals surface area contributed by atoms with E-state index in [9.17, 15) is 18.4 Å². The monoisotopic (exact) mass is 470 g/mol. The molecule has 10 heteroatoms. The third kappa shape index (κ3) is 4.82. The second kappa shape index (κ2) is 8.61. The lowest BCUT2D eigenvalue weighted by Gasteiger charge is -2.09. The van der Waals surface area contributed by atoms with Crippen LogP contribution in [0.15, 0.2) is 38.5 Å². The highest BCUT2D eigenvalue weighted by molar-refractivity contribution is 9.10. The fourth-order valence-electron chi connectivity index (χ4n) is 2.27. The molecule has 1 N–H and O–H groups in total. The SMILES string of the molecule is Cc1oc(-c2cccs2)nc1CC(=O)OCC(=O)Nc1c(F)cc(F)cc1Br. The molecular formula is C18H13BrF2N2O4S. The Bertz CT molecular complexity index is 998. The number of aryl methyl sites for hydroxylation is 1. The van der Waals surface area contributed by atoms with E-state index < -0.39 is 30.1 Å². The summed E-state index contributed by atoms with van der Waals surface area (Å²) in [5, 5.41) is 4.10. The third-order valence-corrected chi connectivity index (χ3v) is 5.06. The summed E-state index contributed by atoms with van der Waals surface area (Å²) in [6.45, 7) is 1.05. The minimum Gasteiger partial charge on any atom is -0.455 e. The number of anilines is 1. The Labute approximate surface area is 170 Å². The maximum absolute atomic E-state index is 13.7. The topological polar surface area (TPSA) is 81.4 Å². The molecule has 1 amide bonds. The van der Waals surface area contributed by atoms with Crippen LogP contribution in [0.25, 0.3) is 10.8 Å². The van der Waals surface area contributed by atoms with Crippen LogP contribution in [0.3, 0.4) is 0 Å². The maximum atomic E-state index is 13.7. The van der Waals surface area contributed by atoms with Gasteiger partial charge in [-0.1, -0.05) is 6.07 Å². The number of esters is 1. The number of nitrogens with one attached hydrogen (secondary N) is 1. The second-order valence-corrected chi connectivity index (χ2v) is 7.43. The predicted octanol–water partition coefficient (Wildman–Crippen LogP) is 4.48. The number of amides is 1. The summed E-state index contributed by atoms with van der Waals surface area (Å²) >= 11 is 4.41. The van der Waals surface area contributed by atoms with Gasteiger partial charge < -0.3 is 14.5 Å². The molecule has 2 heterocycles. The molecule has 0 aliphatic carbocycles. The summed E-state index contributed by atoms with van der Waals surface area (Å²) in [6, 6.07) is 5.33. The molecule has 0 aliphatic heterocycles. The minimum absolute atomic E-state index is 0.0315. The standard InChI is InChI=1S/C18H13BrF2N2O4S/c1-9-13(22-18(27-9)14-3-2-4-28-14)7-16(25)26-8-15(24)23-17-11(19)5-10(20)6-12(17)21/h2-6H,7-8H2,1H3,(H,23,24). The first-order chi connectivity index (χ1) is 13.3. The number of thiophene rings is 1. The number of hydrogen-bond donors (Lipinski definition) is 1. The van der Waals surface area contributed by atoms with Gasteiger partial charge in [0.15, 0.2) is 12.4 Å². The van der Waals surface area contributed by atoms with E-state index in [1.165, 1.54) is 11.3 Å². The summed E-state index contributed by atoms with van der Waals surface area (Å²) < 4.78 is 37.2. The number of ether oxygens (including phenoxy) is 1. The van der Waals surface area contributed by atoms with Gasteiger partial charge in [0.2, 0.25) is 5.89 Å². The summed E-state index contributed by atoms with van der Waals surface area (Å²) in [6.07, 6.45) is -0.178. The number of rotatable bonds is 6. The number of nitrogens with zero attached hydrogens (tertiary/aromatic N) is 1. The van der Waals surface area contributed by atoms with Gasteiger partial charge in [-0.2, -0.15) is 0 Å². The van der Waals surface area contributed by atoms with Crippen molar-refractivity contribution in [2.75, 3.05) is 11.9 Å². The fraction of sp³-hybridized carbons (Fsp3) is 0.167. The highest BCUT2D eigenvalue weighted by atomic mass is 79.9. The summed E-state index contributed by atoms with van der Waals surface area (Å²) in [4.78, 5) is 29.0. The lowest BCUT2D eigenvalue weighted by atomic mass is 10.3. The van der Waals surface area contributed by atoms with Crippen molar-refractivity contribution in [2.45, 2.75) is 13.3 Å². The average molecular weight is 471 g/mol. The van der Waals surface area contributed by atoms with Crippen LogP contribution in [0.4, 0.5) is 14.5 Å². The molecule has 1 aromatic carbocycles. The number of hydrogen-bond acceptors (Lipinski definition) is 6. The van der Waals surface area contributed by atoms with Crippen molar-refractivity contribution in [2.24, 2.45) is 0 Å². The number of carbonyl (C=O) groups excluding carboxylic acids is 2. The first kappa shape index (κ1) is 20.2. The van der Waals surface area contributed by atoms with E-state index in [4.69, 9.17) is 9.15 Å². The van der Waals surface area contributed by atoms with E-state index in [1.807, 2.05) is 17.5 Å². The molecule has 0 spiro atoms. The molecule has 6 nitrogen and oxygen atoms in total. The fourth-order valence-corrected chi connectivity index (χ4v) is 3.42. The zero-order valence-electron chi connectivity index (χ0n) is 14.4. The van der Waals surface area contributed by atoms with E-state index in [-0.39, 0.29) is 16.6 Å². The molecule has 146 valence electrons. The highest BCUT2D eigenvalue weighted by Gasteiger charge is 2.18. The van der Waals surface area contributed by atoms with E-state index in [2.05, 4.69) is 26.2 Å². The van der Waals surface area contributed by atoms with Gasteiger partial charge in [-0.3, -0.25) is 9.59 Å². The lowest BCUT2D eigenvalue weighted by molar-refractivity contribution is -0.146. The van der Waals surface area contributed by atoms with E-state index in [0.29, 0.717) is 23.4 Å². The van der Waals surface area contributed by atoms with Crippen LogP contribution in [0.2, 0.25) is 0 Å². The number of aromatic nitrogens is 1. The third-order valence-electron chi connectivity index (χ3n) is 3.57. The molecule has 3 aromatic rings. The van der Waals surface area contributed by atoms with Crippen LogP contribution >= 0.6 is 27.3 Å². The minimum atomic E-state index is -0.953. The van der Waals surface area contributed by atoms with Crippen molar-refractivity contribution in [3.63, 3.8) is 0 Å². The molecule has 0 aliphatic rings. The smallest absolute Gasteiger partial charge is 0.312 e. The Morgan fingerprint density at radius 2 is 2.14 bits per heavy atom. The largest absolute Gasteiger partial charge is 0.455 e. The molecule has 0 bridgehead atoms. The maximum Gasteiger partial charge on any atom is 0.312 e. The van der Waals surface area contributed by atoms with Gasteiger partial charge in [0, 0.05) is 10.5 Å². The molecule has 3 rings (SSSR count). The van der Waals surface area contributed by atoms with Crippen LogP contribution in [0.1, 0.15) is 11.5 Å². The highest BCUT2D eigenvalue weighted by Crippen LogP contribution is 2.27. The van der Waals surface area contributed by atoms with Crippen LogP contribution < -0.4 is 5.32 Å². The molecule has 2 aromatic heterocycles. The molecule has 0 saturated heterocycles. The second-order valence-electron chi connectivity index (χ2n) is 5.63. The molecule has 0 radical (unpaired) electrons. The molecule has 0 fully saturated rings. The van der Waals surface area contributed by atoms with E-state index in [1.54, 1.807) is 6.92 Å². The first-order valence-corrected chi connectivity index (χ1v) is 9.61. The van der Waals surface area contributed by atoms with Gasteiger partial charge in [0.25, 0.3) is 5.91 Å².